The summed E-state index contributed by atoms with van der Waals surface area (Å²) in [7, 11) is 0. The Hall–Kier alpha value is -1.18. The van der Waals surface area contributed by atoms with Gasteiger partial charge < -0.3 is 10.5 Å². The highest BCUT2D eigenvalue weighted by atomic mass is 16.5. The lowest BCUT2D eigenvalue weighted by atomic mass is 10.1. The third-order valence-corrected chi connectivity index (χ3v) is 2.57. The smallest absolute Gasteiger partial charge is 0.119 e. The third-order valence-electron chi connectivity index (χ3n) is 2.57. The number of hydrogen-bond donors (Lipinski definition) is 1. The van der Waals surface area contributed by atoms with Gasteiger partial charge in [-0.25, -0.2) is 0 Å². The fourth-order valence-electron chi connectivity index (χ4n) is 1.59. The summed E-state index contributed by atoms with van der Waals surface area (Å²) in [6.07, 6.45) is 5.02. The van der Waals surface area contributed by atoms with E-state index < -0.39 is 0 Å². The third kappa shape index (κ3) is 5.64. The Balaban J connectivity index is 2.05. The zero-order valence-electron chi connectivity index (χ0n) is 10.4. The standard InChI is InChI=1S/C14H23NO/c1-12(2)6-4-3-5-11-16-14-9-7-13(15)8-10-14/h7-10,12H,3-6,11,15H2,1-2H3. The van der Waals surface area contributed by atoms with Crippen molar-refractivity contribution in [2.24, 2.45) is 5.92 Å². The lowest BCUT2D eigenvalue weighted by molar-refractivity contribution is 0.303. The highest BCUT2D eigenvalue weighted by molar-refractivity contribution is 5.41. The first-order valence-corrected chi connectivity index (χ1v) is 6.17. The maximum atomic E-state index is 5.61. The predicted molar refractivity (Wildman–Crippen MR) is 69.7 cm³/mol. The van der Waals surface area contributed by atoms with Crippen LogP contribution in [0.15, 0.2) is 24.3 Å². The molecule has 0 atom stereocenters. The second kappa shape index (κ2) is 7.15. The summed E-state index contributed by atoms with van der Waals surface area (Å²) in [6, 6.07) is 7.58. The normalized spacial score (nSPS) is 10.7. The van der Waals surface area contributed by atoms with Crippen LogP contribution in [0, 0.1) is 5.92 Å². The lowest BCUT2D eigenvalue weighted by Crippen LogP contribution is -1.98. The molecule has 2 heteroatoms. The van der Waals surface area contributed by atoms with Crippen molar-refractivity contribution in [2.45, 2.75) is 39.5 Å². The van der Waals surface area contributed by atoms with E-state index in [1.54, 1.807) is 0 Å². The molecule has 0 saturated heterocycles. The Morgan fingerprint density at radius 3 is 2.38 bits per heavy atom. The van der Waals surface area contributed by atoms with Crippen LogP contribution in [0.25, 0.3) is 0 Å². The van der Waals surface area contributed by atoms with Gasteiger partial charge in [-0.3, -0.25) is 0 Å². The topological polar surface area (TPSA) is 35.2 Å². The van der Waals surface area contributed by atoms with Crippen molar-refractivity contribution in [1.82, 2.24) is 0 Å². The molecule has 0 aliphatic rings. The molecule has 0 bridgehead atoms. The largest absolute Gasteiger partial charge is 0.494 e. The molecule has 16 heavy (non-hydrogen) atoms. The van der Waals surface area contributed by atoms with Gasteiger partial charge in [0.2, 0.25) is 0 Å². The van der Waals surface area contributed by atoms with Crippen LogP contribution < -0.4 is 10.5 Å². The number of rotatable bonds is 7. The summed E-state index contributed by atoms with van der Waals surface area (Å²) < 4.78 is 5.61. The van der Waals surface area contributed by atoms with Gasteiger partial charge in [-0.1, -0.05) is 33.1 Å². The zero-order chi connectivity index (χ0) is 11.8. The van der Waals surface area contributed by atoms with Crippen LogP contribution in [0.1, 0.15) is 39.5 Å². The molecule has 0 unspecified atom stereocenters. The molecule has 1 rings (SSSR count). The molecule has 2 nitrogen and oxygen atoms in total. The molecule has 0 aromatic heterocycles. The number of anilines is 1. The summed E-state index contributed by atoms with van der Waals surface area (Å²) in [5.74, 6) is 1.73. The van der Waals surface area contributed by atoms with Gasteiger partial charge in [0.25, 0.3) is 0 Å². The van der Waals surface area contributed by atoms with Crippen molar-refractivity contribution in [3.05, 3.63) is 24.3 Å². The van der Waals surface area contributed by atoms with Crippen molar-refractivity contribution < 1.29 is 4.74 Å². The molecule has 0 aliphatic heterocycles. The number of nitrogens with two attached hydrogens (primary N) is 1. The molecule has 2 N–H and O–H groups in total. The fourth-order valence-corrected chi connectivity index (χ4v) is 1.59. The maximum absolute atomic E-state index is 5.61. The van der Waals surface area contributed by atoms with Gasteiger partial charge in [0, 0.05) is 5.69 Å². The average molecular weight is 221 g/mol. The Morgan fingerprint density at radius 2 is 1.75 bits per heavy atom. The van der Waals surface area contributed by atoms with E-state index in [2.05, 4.69) is 13.8 Å². The van der Waals surface area contributed by atoms with Crippen molar-refractivity contribution >= 4 is 5.69 Å². The second-order valence-electron chi connectivity index (χ2n) is 4.66. The Morgan fingerprint density at radius 1 is 1.06 bits per heavy atom. The minimum atomic E-state index is 0.782. The molecule has 0 spiro atoms. The van der Waals surface area contributed by atoms with Crippen molar-refractivity contribution in [1.29, 1.82) is 0 Å². The van der Waals surface area contributed by atoms with E-state index in [-0.39, 0.29) is 0 Å². The van der Waals surface area contributed by atoms with Crippen LogP contribution in [0.5, 0.6) is 5.75 Å². The lowest BCUT2D eigenvalue weighted by Gasteiger charge is -2.07. The van der Waals surface area contributed by atoms with Gasteiger partial charge in [-0.15, -0.1) is 0 Å². The number of unbranched alkanes of at least 4 members (excludes halogenated alkanes) is 2. The van der Waals surface area contributed by atoms with Gasteiger partial charge >= 0.3 is 0 Å². The van der Waals surface area contributed by atoms with Crippen LogP contribution in [0.3, 0.4) is 0 Å². The molecule has 1 aromatic carbocycles. The van der Waals surface area contributed by atoms with Crippen LogP contribution >= 0.6 is 0 Å². The minimum absolute atomic E-state index is 0.782. The van der Waals surface area contributed by atoms with Gasteiger partial charge in [0.15, 0.2) is 0 Å². The molecule has 0 radical (unpaired) electrons. The maximum Gasteiger partial charge on any atom is 0.119 e. The van der Waals surface area contributed by atoms with E-state index in [0.717, 1.165) is 30.4 Å². The van der Waals surface area contributed by atoms with Crippen LogP contribution in [-0.2, 0) is 0 Å². The molecule has 0 aliphatic carbocycles. The average Bonchev–Trinajstić information content (AvgIpc) is 2.25. The molecule has 0 saturated carbocycles. The first-order chi connectivity index (χ1) is 7.68. The fraction of sp³-hybridized carbons (Fsp3) is 0.571. The van der Waals surface area contributed by atoms with Crippen LogP contribution in [-0.4, -0.2) is 6.61 Å². The summed E-state index contributed by atoms with van der Waals surface area (Å²) >= 11 is 0. The van der Waals surface area contributed by atoms with Crippen molar-refractivity contribution in [3.63, 3.8) is 0 Å². The Kier molecular flexibility index (Phi) is 5.76. The van der Waals surface area contributed by atoms with E-state index >= 15 is 0 Å². The van der Waals surface area contributed by atoms with E-state index in [1.807, 2.05) is 24.3 Å². The monoisotopic (exact) mass is 221 g/mol. The summed E-state index contributed by atoms with van der Waals surface area (Å²) in [5.41, 5.74) is 6.38. The first-order valence-electron chi connectivity index (χ1n) is 6.17. The van der Waals surface area contributed by atoms with E-state index in [0.29, 0.717) is 0 Å². The van der Waals surface area contributed by atoms with E-state index in [9.17, 15) is 0 Å². The summed E-state index contributed by atoms with van der Waals surface area (Å²) in [4.78, 5) is 0. The quantitative estimate of drug-likeness (QED) is 0.560. The van der Waals surface area contributed by atoms with Crippen LogP contribution in [0.4, 0.5) is 5.69 Å². The zero-order valence-corrected chi connectivity index (χ0v) is 10.4. The van der Waals surface area contributed by atoms with Gasteiger partial charge in [-0.05, 0) is 36.6 Å². The first kappa shape index (κ1) is 12.9. The Labute approximate surface area is 98.8 Å². The second-order valence-corrected chi connectivity index (χ2v) is 4.66. The van der Waals surface area contributed by atoms with Gasteiger partial charge in [0.1, 0.15) is 5.75 Å². The van der Waals surface area contributed by atoms with Gasteiger partial charge in [0.05, 0.1) is 6.61 Å². The molecule has 90 valence electrons. The number of hydrogen-bond acceptors (Lipinski definition) is 2. The van der Waals surface area contributed by atoms with Crippen molar-refractivity contribution in [2.75, 3.05) is 12.3 Å². The predicted octanol–water partition coefficient (Wildman–Crippen LogP) is 3.86. The molecule has 0 amide bonds. The molecular weight excluding hydrogens is 198 g/mol. The highest BCUT2D eigenvalue weighted by Crippen LogP contribution is 2.14. The van der Waals surface area contributed by atoms with E-state index in [4.69, 9.17) is 10.5 Å². The van der Waals surface area contributed by atoms with E-state index in [1.165, 1.54) is 19.3 Å². The molecule has 0 heterocycles. The summed E-state index contributed by atoms with van der Waals surface area (Å²) in [6.45, 7) is 5.34. The summed E-state index contributed by atoms with van der Waals surface area (Å²) in [5, 5.41) is 0. The molecule has 0 fully saturated rings. The van der Waals surface area contributed by atoms with Crippen LogP contribution in [0.2, 0.25) is 0 Å². The number of nitrogen functional groups attached to an aromatic ring is 1. The molecule has 1 aromatic rings. The number of benzene rings is 1. The van der Waals surface area contributed by atoms with Crippen molar-refractivity contribution in [3.8, 4) is 5.75 Å². The van der Waals surface area contributed by atoms with Gasteiger partial charge in [-0.2, -0.15) is 0 Å². The SMILES string of the molecule is CC(C)CCCCCOc1ccc(N)cc1. The Bertz CT molecular complexity index is 279. The highest BCUT2D eigenvalue weighted by Gasteiger charge is 1.96. The molecular formula is C14H23NO. The minimum Gasteiger partial charge on any atom is -0.494 e. The number of ether oxygens (including phenoxy) is 1.